The van der Waals surface area contributed by atoms with Gasteiger partial charge in [0, 0.05) is 0 Å². The van der Waals surface area contributed by atoms with Crippen molar-refractivity contribution in [2.45, 2.75) is 39.9 Å². The first-order chi connectivity index (χ1) is 7.91. The first kappa shape index (κ1) is 14.7. The van der Waals surface area contributed by atoms with Crippen molar-refractivity contribution in [3.8, 4) is 0 Å². The second-order valence-electron chi connectivity index (χ2n) is 4.23. The summed E-state index contributed by atoms with van der Waals surface area (Å²) in [7, 11) is -3.08. The van der Waals surface area contributed by atoms with Crippen LogP contribution in [0.5, 0.6) is 0 Å². The molecule has 1 heterocycles. The van der Waals surface area contributed by atoms with Gasteiger partial charge in [0.25, 0.3) is 0 Å². The van der Waals surface area contributed by atoms with Crippen molar-refractivity contribution < 1.29 is 13.6 Å². The Morgan fingerprint density at radius 3 is 2.29 bits per heavy atom. The van der Waals surface area contributed by atoms with Crippen LogP contribution in [-0.2, 0) is 13.6 Å². The van der Waals surface area contributed by atoms with E-state index in [1.54, 1.807) is 11.3 Å². The number of rotatable bonds is 7. The number of nitrogens with one attached hydrogen (secondary N) is 1. The fourth-order valence-corrected chi connectivity index (χ4v) is 3.87. The van der Waals surface area contributed by atoms with Gasteiger partial charge in [-0.25, -0.2) is 0 Å². The molecule has 17 heavy (non-hydrogen) atoms. The Labute approximate surface area is 107 Å². The van der Waals surface area contributed by atoms with Gasteiger partial charge in [0.1, 0.15) is 6.29 Å². The smallest absolute Gasteiger partial charge is 0.350 e. The standard InChI is InChI=1S/C11H20NO3PS/c1-9(2)14-16(13,15-10(3)4)8-12-11-6-5-7-17-11/h5-7,9-10,12H,8H2,1-4H3. The van der Waals surface area contributed by atoms with Gasteiger partial charge in [0.05, 0.1) is 17.2 Å². The summed E-state index contributed by atoms with van der Waals surface area (Å²) in [5.41, 5.74) is 0. The summed E-state index contributed by atoms with van der Waals surface area (Å²) in [4.78, 5) is 0. The summed E-state index contributed by atoms with van der Waals surface area (Å²) in [6, 6.07) is 3.87. The highest BCUT2D eigenvalue weighted by Gasteiger charge is 2.27. The number of hydrogen-bond acceptors (Lipinski definition) is 5. The third-order valence-corrected chi connectivity index (χ3v) is 4.57. The second-order valence-corrected chi connectivity index (χ2v) is 7.14. The lowest BCUT2D eigenvalue weighted by Crippen LogP contribution is -2.13. The van der Waals surface area contributed by atoms with Gasteiger partial charge in [0.15, 0.2) is 0 Å². The maximum Gasteiger partial charge on any atom is 0.350 e. The molecule has 1 rings (SSSR count). The molecule has 98 valence electrons. The molecule has 1 aromatic rings. The second kappa shape index (κ2) is 6.55. The molecule has 6 heteroatoms. The zero-order valence-electron chi connectivity index (χ0n) is 10.7. The molecule has 0 aliphatic heterocycles. The number of thiophene rings is 1. The quantitative estimate of drug-likeness (QED) is 0.760. The van der Waals surface area contributed by atoms with Crippen LogP contribution in [0.2, 0.25) is 0 Å². The summed E-state index contributed by atoms with van der Waals surface area (Å²) in [6.07, 6.45) is -0.0430. The highest BCUT2D eigenvalue weighted by Crippen LogP contribution is 2.50. The highest BCUT2D eigenvalue weighted by molar-refractivity contribution is 7.54. The molecule has 0 aromatic carbocycles. The molecule has 0 fully saturated rings. The predicted molar refractivity (Wildman–Crippen MR) is 72.9 cm³/mol. The predicted octanol–water partition coefficient (Wildman–Crippen LogP) is 4.16. The maximum atomic E-state index is 12.4. The summed E-state index contributed by atoms with van der Waals surface area (Å²) in [6.45, 7) is 7.39. The molecular weight excluding hydrogens is 257 g/mol. The molecule has 0 radical (unpaired) electrons. The Morgan fingerprint density at radius 1 is 1.29 bits per heavy atom. The summed E-state index contributed by atoms with van der Waals surface area (Å²) in [5.74, 6) is 0. The monoisotopic (exact) mass is 277 g/mol. The maximum absolute atomic E-state index is 12.4. The van der Waals surface area contributed by atoms with Crippen LogP contribution < -0.4 is 5.32 Å². The van der Waals surface area contributed by atoms with Crippen molar-refractivity contribution in [3.63, 3.8) is 0 Å². The van der Waals surface area contributed by atoms with Gasteiger partial charge >= 0.3 is 7.60 Å². The molecular formula is C11H20NO3PS. The van der Waals surface area contributed by atoms with Gasteiger partial charge in [-0.05, 0) is 45.2 Å². The van der Waals surface area contributed by atoms with Crippen molar-refractivity contribution in [3.05, 3.63) is 17.5 Å². The molecule has 0 aliphatic rings. The van der Waals surface area contributed by atoms with E-state index in [9.17, 15) is 4.57 Å². The molecule has 0 unspecified atom stereocenters. The largest absolute Gasteiger partial charge is 0.366 e. The molecule has 0 amide bonds. The highest BCUT2D eigenvalue weighted by atomic mass is 32.1. The Kier molecular flexibility index (Phi) is 5.67. The molecule has 0 aliphatic carbocycles. The van der Waals surface area contributed by atoms with Gasteiger partial charge in [0.2, 0.25) is 0 Å². The lowest BCUT2D eigenvalue weighted by Gasteiger charge is -2.23. The van der Waals surface area contributed by atoms with Crippen molar-refractivity contribution in [2.75, 3.05) is 11.6 Å². The van der Waals surface area contributed by atoms with Crippen LogP contribution in [0.1, 0.15) is 27.7 Å². The fourth-order valence-electron chi connectivity index (χ4n) is 1.30. The SMILES string of the molecule is CC(C)OP(=O)(CNc1cccs1)OC(C)C. The van der Waals surface area contributed by atoms with Crippen molar-refractivity contribution >= 4 is 23.9 Å². The van der Waals surface area contributed by atoms with E-state index in [2.05, 4.69) is 5.32 Å². The minimum absolute atomic E-state index is 0.121. The Bertz CT molecular complexity index is 351. The third-order valence-electron chi connectivity index (χ3n) is 1.71. The molecule has 1 aromatic heterocycles. The lowest BCUT2D eigenvalue weighted by molar-refractivity contribution is 0.143. The van der Waals surface area contributed by atoms with Crippen molar-refractivity contribution in [1.29, 1.82) is 0 Å². The van der Waals surface area contributed by atoms with E-state index in [0.29, 0.717) is 0 Å². The van der Waals surface area contributed by atoms with Crippen LogP contribution in [0, 0.1) is 0 Å². The Balaban J connectivity index is 2.60. The fraction of sp³-hybridized carbons (Fsp3) is 0.636. The Morgan fingerprint density at radius 2 is 1.88 bits per heavy atom. The van der Waals surface area contributed by atoms with E-state index >= 15 is 0 Å². The van der Waals surface area contributed by atoms with Gasteiger partial charge in [-0.15, -0.1) is 11.3 Å². The average molecular weight is 277 g/mol. The summed E-state index contributed by atoms with van der Waals surface area (Å²) < 4.78 is 23.3. The van der Waals surface area contributed by atoms with E-state index in [0.717, 1.165) is 5.00 Å². The molecule has 0 spiro atoms. The average Bonchev–Trinajstić information content (AvgIpc) is 2.64. The van der Waals surface area contributed by atoms with Crippen LogP contribution in [0.25, 0.3) is 0 Å². The van der Waals surface area contributed by atoms with Gasteiger partial charge in [-0.1, -0.05) is 0 Å². The molecule has 0 saturated heterocycles. The van der Waals surface area contributed by atoms with E-state index in [4.69, 9.17) is 9.05 Å². The van der Waals surface area contributed by atoms with Crippen LogP contribution in [-0.4, -0.2) is 18.5 Å². The van der Waals surface area contributed by atoms with E-state index in [1.165, 1.54) is 0 Å². The first-order valence-corrected chi connectivity index (χ1v) is 8.25. The van der Waals surface area contributed by atoms with Crippen molar-refractivity contribution in [1.82, 2.24) is 0 Å². The Hall–Kier alpha value is -0.350. The first-order valence-electron chi connectivity index (χ1n) is 5.64. The zero-order chi connectivity index (χ0) is 12.9. The van der Waals surface area contributed by atoms with E-state index in [1.807, 2.05) is 45.2 Å². The van der Waals surface area contributed by atoms with Gasteiger partial charge < -0.3 is 14.4 Å². The zero-order valence-corrected chi connectivity index (χ0v) is 12.4. The third kappa shape index (κ3) is 5.68. The molecule has 0 saturated carbocycles. The topological polar surface area (TPSA) is 47.6 Å². The molecule has 1 N–H and O–H groups in total. The van der Waals surface area contributed by atoms with Crippen molar-refractivity contribution in [2.24, 2.45) is 0 Å². The lowest BCUT2D eigenvalue weighted by atomic mass is 10.5. The molecule has 4 nitrogen and oxygen atoms in total. The summed E-state index contributed by atoms with van der Waals surface area (Å²) in [5, 5.41) is 6.00. The summed E-state index contributed by atoms with van der Waals surface area (Å²) >= 11 is 1.56. The van der Waals surface area contributed by atoms with Crippen LogP contribution in [0.4, 0.5) is 5.00 Å². The molecule has 0 bridgehead atoms. The number of anilines is 1. The minimum atomic E-state index is -3.08. The number of hydrogen-bond donors (Lipinski definition) is 1. The normalized spacial score (nSPS) is 12.4. The minimum Gasteiger partial charge on any atom is -0.366 e. The molecule has 0 atom stereocenters. The van der Waals surface area contributed by atoms with Crippen LogP contribution >= 0.6 is 18.9 Å². The van der Waals surface area contributed by atoms with E-state index < -0.39 is 7.60 Å². The van der Waals surface area contributed by atoms with E-state index in [-0.39, 0.29) is 18.5 Å². The van der Waals surface area contributed by atoms with Crippen LogP contribution in [0.15, 0.2) is 17.5 Å². The van der Waals surface area contributed by atoms with Gasteiger partial charge in [-0.3, -0.25) is 4.57 Å². The van der Waals surface area contributed by atoms with Crippen LogP contribution in [0.3, 0.4) is 0 Å². The van der Waals surface area contributed by atoms with Gasteiger partial charge in [-0.2, -0.15) is 0 Å².